The normalized spacial score (nSPS) is 14.4. The lowest BCUT2D eigenvalue weighted by atomic mass is 9.95. The van der Waals surface area contributed by atoms with E-state index in [9.17, 15) is 18.0 Å². The van der Waals surface area contributed by atoms with Gasteiger partial charge in [-0.05, 0) is 68.7 Å². The minimum Gasteiger partial charge on any atom is -0.382 e. The zero-order chi connectivity index (χ0) is 27.4. The van der Waals surface area contributed by atoms with Crippen LogP contribution in [0.3, 0.4) is 0 Å². The number of aromatic nitrogens is 2. The number of hydrogen-bond donors (Lipinski definition) is 1. The summed E-state index contributed by atoms with van der Waals surface area (Å²) >= 11 is 18.3. The van der Waals surface area contributed by atoms with Gasteiger partial charge >= 0.3 is 10.1 Å². The third kappa shape index (κ3) is 6.48. The van der Waals surface area contributed by atoms with Crippen molar-refractivity contribution in [3.63, 3.8) is 0 Å². The summed E-state index contributed by atoms with van der Waals surface area (Å²) in [4.78, 5) is 0.221. The predicted molar refractivity (Wildman–Crippen MR) is 151 cm³/mol. The molecule has 2 aromatic carbocycles. The Balaban J connectivity index is 1.74. The number of thiocarbonyl (C=S) groups is 1. The first-order valence-electron chi connectivity index (χ1n) is 12.3. The summed E-state index contributed by atoms with van der Waals surface area (Å²) in [6.45, 7) is 1.11. The van der Waals surface area contributed by atoms with Gasteiger partial charge in [0.2, 0.25) is 0 Å². The molecule has 4 rings (SSSR count). The highest BCUT2D eigenvalue weighted by atomic mass is 35.5. The molecule has 7 nitrogen and oxygen atoms in total. The van der Waals surface area contributed by atoms with E-state index in [-0.39, 0.29) is 23.2 Å². The second kappa shape index (κ2) is 12.3. The molecule has 1 fully saturated rings. The Labute approximate surface area is 237 Å². The van der Waals surface area contributed by atoms with Crippen LogP contribution in [0.2, 0.25) is 10.0 Å². The van der Waals surface area contributed by atoms with Crippen LogP contribution in [-0.2, 0) is 10.1 Å². The molecule has 0 radical (unpaired) electrons. The smallest absolute Gasteiger partial charge is 0.309 e. The summed E-state index contributed by atoms with van der Waals surface area (Å²) in [5.74, 6) is -0.304. The summed E-state index contributed by atoms with van der Waals surface area (Å²) in [5.41, 5.74) is 3.03. The molecule has 0 aliphatic heterocycles. The van der Waals surface area contributed by atoms with Crippen molar-refractivity contribution in [1.29, 1.82) is 0 Å². The lowest BCUT2D eigenvalue weighted by Gasteiger charge is -2.30. The highest BCUT2D eigenvalue weighted by Gasteiger charge is 2.28. The molecule has 1 aliphatic carbocycles. The monoisotopic (exact) mass is 599 g/mol. The maximum atomic E-state index is 12.4. The fraction of sp³-hybridized carbons (Fsp3) is 0.385. The molecule has 0 bridgehead atoms. The standard InChI is InChI=1S/C26H28Cl2FN3O4S2/c1-17-24(26(37)32(33)20-6-3-2-4-7-20)30-31(23-13-10-19(27)16-22(23)28)25(17)18-8-11-21(12-9-18)36-38(34,35)15-5-14-29/h8-13,16,20,33H,2-7,14-15H2,1H3. The van der Waals surface area contributed by atoms with E-state index in [1.807, 2.05) is 6.92 Å². The molecule has 1 heterocycles. The number of nitrogens with zero attached hydrogens (tertiary/aromatic N) is 3. The van der Waals surface area contributed by atoms with Crippen molar-refractivity contribution in [3.05, 3.63) is 63.8 Å². The summed E-state index contributed by atoms with van der Waals surface area (Å²) in [5, 5.41) is 17.7. The van der Waals surface area contributed by atoms with Gasteiger partial charge in [0.1, 0.15) is 11.4 Å². The molecule has 0 saturated heterocycles. The van der Waals surface area contributed by atoms with Crippen molar-refractivity contribution in [2.45, 2.75) is 51.5 Å². The Kier molecular flexibility index (Phi) is 9.31. The van der Waals surface area contributed by atoms with E-state index in [0.717, 1.165) is 37.2 Å². The van der Waals surface area contributed by atoms with Crippen LogP contribution >= 0.6 is 35.4 Å². The Morgan fingerprint density at radius 2 is 1.87 bits per heavy atom. The lowest BCUT2D eigenvalue weighted by molar-refractivity contribution is -0.0609. The fourth-order valence-electron chi connectivity index (χ4n) is 4.55. The summed E-state index contributed by atoms with van der Waals surface area (Å²) in [6.07, 6.45) is 4.76. The van der Waals surface area contributed by atoms with Crippen LogP contribution in [0.5, 0.6) is 5.75 Å². The Morgan fingerprint density at radius 3 is 2.50 bits per heavy atom. The van der Waals surface area contributed by atoms with Crippen LogP contribution in [0, 0.1) is 6.92 Å². The van der Waals surface area contributed by atoms with Gasteiger partial charge in [-0.3, -0.25) is 9.60 Å². The van der Waals surface area contributed by atoms with Crippen molar-refractivity contribution >= 4 is 50.5 Å². The molecule has 0 unspecified atom stereocenters. The topological polar surface area (TPSA) is 84.7 Å². The largest absolute Gasteiger partial charge is 0.382 e. The van der Waals surface area contributed by atoms with Gasteiger partial charge < -0.3 is 4.18 Å². The second-order valence-electron chi connectivity index (χ2n) is 9.18. The Bertz CT molecular complexity index is 1410. The maximum absolute atomic E-state index is 12.4. The van der Waals surface area contributed by atoms with E-state index in [0.29, 0.717) is 38.2 Å². The summed E-state index contributed by atoms with van der Waals surface area (Å²) < 4.78 is 43.3. The Hall–Kier alpha value is -2.24. The lowest BCUT2D eigenvalue weighted by Crippen LogP contribution is -2.38. The molecule has 0 amide bonds. The molecule has 3 aromatic rings. The zero-order valence-electron chi connectivity index (χ0n) is 20.7. The quantitative estimate of drug-likeness (QED) is 0.162. The van der Waals surface area contributed by atoms with Gasteiger partial charge in [0, 0.05) is 16.1 Å². The van der Waals surface area contributed by atoms with Crippen molar-refractivity contribution in [2.75, 3.05) is 12.4 Å². The van der Waals surface area contributed by atoms with Crippen molar-refractivity contribution in [3.8, 4) is 22.7 Å². The molecule has 38 heavy (non-hydrogen) atoms. The van der Waals surface area contributed by atoms with E-state index >= 15 is 0 Å². The van der Waals surface area contributed by atoms with Crippen LogP contribution in [0.1, 0.15) is 49.8 Å². The van der Waals surface area contributed by atoms with Gasteiger partial charge in [-0.15, -0.1) is 0 Å². The highest BCUT2D eigenvalue weighted by Crippen LogP contribution is 2.34. The molecule has 1 aliphatic rings. The molecule has 12 heteroatoms. The predicted octanol–water partition coefficient (Wildman–Crippen LogP) is 6.92. The van der Waals surface area contributed by atoms with E-state index in [1.54, 1.807) is 35.0 Å². The first kappa shape index (κ1) is 28.8. The number of hydroxylamine groups is 2. The number of rotatable bonds is 9. The maximum Gasteiger partial charge on any atom is 0.309 e. The highest BCUT2D eigenvalue weighted by molar-refractivity contribution is 7.87. The Morgan fingerprint density at radius 1 is 1.18 bits per heavy atom. The second-order valence-corrected chi connectivity index (χ2v) is 12.1. The summed E-state index contributed by atoms with van der Waals surface area (Å²) in [6, 6.07) is 11.4. The third-order valence-corrected chi connectivity index (χ3v) is 8.62. The first-order valence-corrected chi connectivity index (χ1v) is 15.0. The van der Waals surface area contributed by atoms with Gasteiger partial charge in [0.05, 0.1) is 34.9 Å². The molecular weight excluding hydrogens is 572 g/mol. The van der Waals surface area contributed by atoms with Crippen LogP contribution < -0.4 is 4.18 Å². The van der Waals surface area contributed by atoms with Crippen molar-refractivity contribution in [1.82, 2.24) is 14.8 Å². The number of alkyl halides is 1. The molecule has 1 N–H and O–H groups in total. The van der Waals surface area contributed by atoms with Gasteiger partial charge in [0.15, 0.2) is 4.99 Å². The van der Waals surface area contributed by atoms with Crippen molar-refractivity contribution < 1.29 is 22.2 Å². The van der Waals surface area contributed by atoms with Crippen LogP contribution in [-0.4, -0.2) is 51.9 Å². The fourth-order valence-corrected chi connectivity index (χ4v) is 6.34. The molecule has 204 valence electrons. The molecular formula is C26H28Cl2FN3O4S2. The van der Waals surface area contributed by atoms with E-state index in [4.69, 9.17) is 44.7 Å². The van der Waals surface area contributed by atoms with E-state index < -0.39 is 22.5 Å². The van der Waals surface area contributed by atoms with Crippen LogP contribution in [0.4, 0.5) is 4.39 Å². The van der Waals surface area contributed by atoms with Gasteiger partial charge in [-0.1, -0.05) is 54.7 Å². The first-order chi connectivity index (χ1) is 18.1. The molecule has 0 atom stereocenters. The number of hydrogen-bond acceptors (Lipinski definition) is 6. The van der Waals surface area contributed by atoms with E-state index in [2.05, 4.69) is 0 Å². The van der Waals surface area contributed by atoms with Gasteiger partial charge in [0.25, 0.3) is 0 Å². The van der Waals surface area contributed by atoms with Gasteiger partial charge in [-0.2, -0.15) is 13.5 Å². The minimum absolute atomic E-state index is 0.0702. The molecule has 0 spiro atoms. The third-order valence-electron chi connectivity index (χ3n) is 6.47. The van der Waals surface area contributed by atoms with Gasteiger partial charge in [-0.25, -0.2) is 9.75 Å². The van der Waals surface area contributed by atoms with Crippen molar-refractivity contribution in [2.24, 2.45) is 0 Å². The minimum atomic E-state index is -3.91. The van der Waals surface area contributed by atoms with E-state index in [1.165, 1.54) is 12.1 Å². The summed E-state index contributed by atoms with van der Waals surface area (Å²) in [7, 11) is -3.91. The number of benzene rings is 2. The average Bonchev–Trinajstić information content (AvgIpc) is 3.24. The average molecular weight is 601 g/mol. The molecule has 1 aromatic heterocycles. The van der Waals surface area contributed by atoms with Crippen LogP contribution in [0.25, 0.3) is 16.9 Å². The number of halogens is 3. The van der Waals surface area contributed by atoms with Crippen LogP contribution in [0.15, 0.2) is 42.5 Å². The SMILES string of the molecule is Cc1c(C(=S)N(O)C2CCCCC2)nn(-c2ccc(Cl)cc2Cl)c1-c1ccc(OS(=O)(=O)CCCF)cc1. The zero-order valence-corrected chi connectivity index (χ0v) is 23.9. The molecule has 1 saturated carbocycles.